The molecule has 0 radical (unpaired) electrons. The van der Waals surface area contributed by atoms with Crippen LogP contribution in [0.2, 0.25) is 10.0 Å². The van der Waals surface area contributed by atoms with Gasteiger partial charge in [0.25, 0.3) is 5.56 Å². The first-order valence-electron chi connectivity index (χ1n) is 12.9. The Morgan fingerprint density at radius 2 is 1.86 bits per heavy atom. The van der Waals surface area contributed by atoms with Gasteiger partial charge < -0.3 is 14.2 Å². The SMILES string of the molecule is CCOC(=O)C1=C(C)N=c2s/c(=C/c3ccc(OCc4ccc(Cl)c(Cl)c4)cc3)c(=O)n2[C@@H]1c1ccc(OC)c(Br)c1. The molecule has 1 aliphatic heterocycles. The van der Waals surface area contributed by atoms with Gasteiger partial charge in [-0.15, -0.1) is 0 Å². The van der Waals surface area contributed by atoms with Gasteiger partial charge in [0.05, 0.1) is 50.1 Å². The first-order chi connectivity index (χ1) is 20.2. The van der Waals surface area contributed by atoms with E-state index < -0.39 is 12.0 Å². The third-order valence-corrected chi connectivity index (χ3v) is 8.92. The zero-order valence-corrected chi connectivity index (χ0v) is 26.7. The number of carbonyl (C=O) groups is 1. The Balaban J connectivity index is 1.49. The fraction of sp³-hybridized carbons (Fsp3) is 0.194. The Morgan fingerprint density at radius 3 is 2.52 bits per heavy atom. The average molecular weight is 688 g/mol. The van der Waals surface area contributed by atoms with Crippen molar-refractivity contribution < 1.29 is 19.0 Å². The third-order valence-electron chi connectivity index (χ3n) is 6.58. The molecular formula is C31H25BrCl2N2O5S. The molecule has 0 fully saturated rings. The Hall–Kier alpha value is -3.37. The topological polar surface area (TPSA) is 79.1 Å². The number of allylic oxidation sites excluding steroid dienone is 1. The van der Waals surface area contributed by atoms with E-state index >= 15 is 0 Å². The zero-order valence-electron chi connectivity index (χ0n) is 22.8. The summed E-state index contributed by atoms with van der Waals surface area (Å²) in [6, 6.07) is 17.5. The van der Waals surface area contributed by atoms with Gasteiger partial charge in [-0.3, -0.25) is 9.36 Å². The fourth-order valence-corrected chi connectivity index (χ4v) is 6.49. The van der Waals surface area contributed by atoms with Gasteiger partial charge in [0.15, 0.2) is 4.80 Å². The lowest BCUT2D eigenvalue weighted by molar-refractivity contribution is -0.139. The summed E-state index contributed by atoms with van der Waals surface area (Å²) in [7, 11) is 1.57. The molecule has 0 N–H and O–H groups in total. The number of rotatable bonds is 8. The summed E-state index contributed by atoms with van der Waals surface area (Å²) in [5.74, 6) is 0.787. The summed E-state index contributed by atoms with van der Waals surface area (Å²) in [5.41, 5.74) is 2.98. The molecule has 7 nitrogen and oxygen atoms in total. The number of hydrogen-bond donors (Lipinski definition) is 0. The largest absolute Gasteiger partial charge is 0.496 e. The van der Waals surface area contributed by atoms with E-state index in [2.05, 4.69) is 20.9 Å². The van der Waals surface area contributed by atoms with Gasteiger partial charge in [-0.1, -0.05) is 58.8 Å². The van der Waals surface area contributed by atoms with Crippen molar-refractivity contribution in [1.29, 1.82) is 0 Å². The molecule has 1 aromatic heterocycles. The monoisotopic (exact) mass is 686 g/mol. The van der Waals surface area contributed by atoms with Gasteiger partial charge in [0, 0.05) is 0 Å². The molecule has 2 heterocycles. The minimum atomic E-state index is -0.721. The Kier molecular flexibility index (Phi) is 9.22. The number of ether oxygens (including phenoxy) is 3. The summed E-state index contributed by atoms with van der Waals surface area (Å²) in [6.45, 7) is 4.03. The second-order valence-corrected chi connectivity index (χ2v) is 12.0. The lowest BCUT2D eigenvalue weighted by Gasteiger charge is -2.25. The molecule has 0 amide bonds. The number of nitrogens with zero attached hydrogens (tertiary/aromatic N) is 2. The quantitative estimate of drug-likeness (QED) is 0.199. The lowest BCUT2D eigenvalue weighted by Crippen LogP contribution is -2.39. The maximum atomic E-state index is 13.8. The standard InChI is InChI=1S/C31H25BrCl2N2O5S/c1-4-40-30(38)27-17(2)35-31-36(28(27)20-8-12-25(39-3)22(32)15-20)29(37)26(42-31)14-18-5-9-21(10-6-18)41-16-19-7-11-23(33)24(34)13-19/h5-15,28H,4,16H2,1-3H3/b26-14+/t28-/m1/s1. The molecule has 1 atom stereocenters. The molecule has 216 valence electrons. The number of benzene rings is 3. The third kappa shape index (κ3) is 6.20. The number of hydrogen-bond acceptors (Lipinski definition) is 7. The smallest absolute Gasteiger partial charge is 0.338 e. The number of methoxy groups -OCH3 is 1. The Bertz CT molecular complexity index is 1880. The van der Waals surface area contributed by atoms with Crippen molar-refractivity contribution in [1.82, 2.24) is 4.57 Å². The van der Waals surface area contributed by atoms with Gasteiger partial charge in [0.2, 0.25) is 0 Å². The van der Waals surface area contributed by atoms with Gasteiger partial charge in [-0.2, -0.15) is 0 Å². The summed E-state index contributed by atoms with van der Waals surface area (Å²) in [5, 5.41) is 0.964. The van der Waals surface area contributed by atoms with Crippen LogP contribution in [0.4, 0.5) is 0 Å². The minimum Gasteiger partial charge on any atom is -0.496 e. The van der Waals surface area contributed by atoms with E-state index in [-0.39, 0.29) is 12.2 Å². The predicted molar refractivity (Wildman–Crippen MR) is 168 cm³/mol. The highest BCUT2D eigenvalue weighted by molar-refractivity contribution is 9.10. The Labute approximate surface area is 264 Å². The van der Waals surface area contributed by atoms with Crippen LogP contribution in [0.1, 0.15) is 36.6 Å². The zero-order chi connectivity index (χ0) is 30.0. The first-order valence-corrected chi connectivity index (χ1v) is 15.3. The van der Waals surface area contributed by atoms with Crippen molar-refractivity contribution in [3.8, 4) is 11.5 Å². The van der Waals surface area contributed by atoms with E-state index in [9.17, 15) is 9.59 Å². The molecule has 11 heteroatoms. The number of halogens is 3. The molecule has 0 spiro atoms. The molecule has 5 rings (SSSR count). The maximum absolute atomic E-state index is 13.8. The van der Waals surface area contributed by atoms with Crippen molar-refractivity contribution in [3.05, 3.63) is 123 Å². The van der Waals surface area contributed by atoms with Crippen LogP contribution in [0.3, 0.4) is 0 Å². The van der Waals surface area contributed by atoms with Gasteiger partial charge in [-0.25, -0.2) is 9.79 Å². The predicted octanol–water partition coefficient (Wildman–Crippen LogP) is 6.46. The van der Waals surface area contributed by atoms with Crippen LogP contribution in [-0.4, -0.2) is 24.3 Å². The molecule has 0 aliphatic carbocycles. The fourth-order valence-electron chi connectivity index (χ4n) is 4.57. The summed E-state index contributed by atoms with van der Waals surface area (Å²) in [6.07, 6.45) is 1.80. The van der Waals surface area contributed by atoms with Crippen molar-refractivity contribution in [2.24, 2.45) is 4.99 Å². The number of fused-ring (bicyclic) bond motifs is 1. The molecule has 42 heavy (non-hydrogen) atoms. The second kappa shape index (κ2) is 12.9. The molecule has 0 saturated carbocycles. The Morgan fingerprint density at radius 1 is 1.10 bits per heavy atom. The first kappa shape index (κ1) is 30.1. The number of aromatic nitrogens is 1. The van der Waals surface area contributed by atoms with Crippen molar-refractivity contribution in [2.75, 3.05) is 13.7 Å². The van der Waals surface area contributed by atoms with Gasteiger partial charge in [0.1, 0.15) is 18.1 Å². The van der Waals surface area contributed by atoms with E-state index in [1.54, 1.807) is 49.8 Å². The van der Waals surface area contributed by atoms with Crippen molar-refractivity contribution in [3.63, 3.8) is 0 Å². The van der Waals surface area contributed by atoms with Crippen LogP contribution < -0.4 is 24.4 Å². The normalized spacial score (nSPS) is 14.8. The van der Waals surface area contributed by atoms with E-state index in [1.807, 2.05) is 42.5 Å². The highest BCUT2D eigenvalue weighted by Gasteiger charge is 2.33. The highest BCUT2D eigenvalue weighted by Crippen LogP contribution is 2.35. The lowest BCUT2D eigenvalue weighted by atomic mass is 9.96. The molecule has 0 unspecified atom stereocenters. The van der Waals surface area contributed by atoms with Crippen LogP contribution in [0.15, 0.2) is 86.2 Å². The molecule has 3 aromatic carbocycles. The number of thiazole rings is 1. The molecule has 1 aliphatic rings. The summed E-state index contributed by atoms with van der Waals surface area (Å²) < 4.78 is 19.4. The van der Waals surface area contributed by atoms with Crippen LogP contribution in [0.5, 0.6) is 11.5 Å². The van der Waals surface area contributed by atoms with Crippen LogP contribution in [-0.2, 0) is 16.1 Å². The van der Waals surface area contributed by atoms with E-state index in [0.717, 1.165) is 16.7 Å². The number of esters is 1. The summed E-state index contributed by atoms with van der Waals surface area (Å²) >= 11 is 16.9. The average Bonchev–Trinajstić information content (AvgIpc) is 3.27. The molecule has 0 saturated heterocycles. The maximum Gasteiger partial charge on any atom is 0.338 e. The van der Waals surface area contributed by atoms with E-state index in [1.165, 1.54) is 11.3 Å². The molecule has 0 bridgehead atoms. The molecular weight excluding hydrogens is 663 g/mol. The van der Waals surface area contributed by atoms with Gasteiger partial charge >= 0.3 is 5.97 Å². The minimum absolute atomic E-state index is 0.201. The van der Waals surface area contributed by atoms with Crippen molar-refractivity contribution in [2.45, 2.75) is 26.5 Å². The van der Waals surface area contributed by atoms with E-state index in [0.29, 0.717) is 53.2 Å². The van der Waals surface area contributed by atoms with Crippen molar-refractivity contribution >= 4 is 62.5 Å². The second-order valence-electron chi connectivity index (χ2n) is 9.30. The highest BCUT2D eigenvalue weighted by atomic mass is 79.9. The van der Waals surface area contributed by atoms with Crippen LogP contribution in [0, 0.1) is 0 Å². The van der Waals surface area contributed by atoms with Gasteiger partial charge in [-0.05, 0) is 88.9 Å². The van der Waals surface area contributed by atoms with Crippen LogP contribution >= 0.6 is 50.5 Å². The number of carbonyl (C=O) groups excluding carboxylic acids is 1. The summed E-state index contributed by atoms with van der Waals surface area (Å²) in [4.78, 5) is 32.1. The molecule has 4 aromatic rings. The van der Waals surface area contributed by atoms with Crippen LogP contribution in [0.25, 0.3) is 6.08 Å². The van der Waals surface area contributed by atoms with E-state index in [4.69, 9.17) is 37.4 Å².